The molecule has 0 aromatic rings. The molecule has 0 aromatic carbocycles. The Balaban J connectivity index is 1.83. The van der Waals surface area contributed by atoms with Gasteiger partial charge >= 0.3 is 0 Å². The van der Waals surface area contributed by atoms with E-state index in [1.165, 1.54) is 64.8 Å². The Hall–Kier alpha value is -0.120. The molecular weight excluding hydrogens is 222 g/mol. The van der Waals surface area contributed by atoms with Crippen molar-refractivity contribution in [1.29, 1.82) is 0 Å². The van der Waals surface area contributed by atoms with Crippen LogP contribution in [0.3, 0.4) is 0 Å². The largest absolute Gasteiger partial charge is 0.317 e. The number of hydrogen-bond acceptors (Lipinski definition) is 3. The molecule has 2 fully saturated rings. The predicted molar refractivity (Wildman–Crippen MR) is 78.0 cm³/mol. The number of piperidine rings is 1. The molecular formula is C15H31N3. The van der Waals surface area contributed by atoms with Gasteiger partial charge < -0.3 is 15.1 Å². The first-order valence-electron chi connectivity index (χ1n) is 7.75. The molecule has 0 aromatic heterocycles. The summed E-state index contributed by atoms with van der Waals surface area (Å²) in [4.78, 5) is 5.14. The van der Waals surface area contributed by atoms with Crippen LogP contribution < -0.4 is 5.32 Å². The quantitative estimate of drug-likeness (QED) is 0.806. The van der Waals surface area contributed by atoms with Crippen molar-refractivity contribution in [1.82, 2.24) is 15.1 Å². The van der Waals surface area contributed by atoms with Gasteiger partial charge in [-0.1, -0.05) is 6.92 Å². The maximum atomic E-state index is 3.50. The summed E-state index contributed by atoms with van der Waals surface area (Å²) in [5, 5.41) is 3.50. The van der Waals surface area contributed by atoms with Crippen LogP contribution in [0.5, 0.6) is 0 Å². The van der Waals surface area contributed by atoms with E-state index in [1.54, 1.807) is 0 Å². The third kappa shape index (κ3) is 3.46. The van der Waals surface area contributed by atoms with Gasteiger partial charge in [0.2, 0.25) is 0 Å². The van der Waals surface area contributed by atoms with E-state index in [1.807, 2.05) is 0 Å². The van der Waals surface area contributed by atoms with Crippen LogP contribution in [0.4, 0.5) is 0 Å². The van der Waals surface area contributed by atoms with E-state index in [0.29, 0.717) is 5.41 Å². The van der Waals surface area contributed by atoms with Crippen LogP contribution in [0, 0.1) is 5.41 Å². The summed E-state index contributed by atoms with van der Waals surface area (Å²) in [5.41, 5.74) is 0.581. The van der Waals surface area contributed by atoms with Crippen molar-refractivity contribution < 1.29 is 0 Å². The van der Waals surface area contributed by atoms with Crippen molar-refractivity contribution in [3.63, 3.8) is 0 Å². The maximum Gasteiger partial charge on any atom is 0.0220 e. The third-order valence-corrected chi connectivity index (χ3v) is 5.21. The minimum Gasteiger partial charge on any atom is -0.317 e. The van der Waals surface area contributed by atoms with Crippen LogP contribution in [0.15, 0.2) is 0 Å². The molecule has 2 aliphatic heterocycles. The fourth-order valence-electron chi connectivity index (χ4n) is 3.79. The summed E-state index contributed by atoms with van der Waals surface area (Å²) in [6, 6.07) is 0.797. The first-order chi connectivity index (χ1) is 8.65. The third-order valence-electron chi connectivity index (χ3n) is 5.21. The summed E-state index contributed by atoms with van der Waals surface area (Å²) in [6.07, 6.45) is 6.82. The zero-order valence-electron chi connectivity index (χ0n) is 12.5. The van der Waals surface area contributed by atoms with E-state index in [4.69, 9.17) is 0 Å². The monoisotopic (exact) mass is 253 g/mol. The molecule has 0 radical (unpaired) electrons. The van der Waals surface area contributed by atoms with Crippen molar-refractivity contribution in [2.45, 2.75) is 45.1 Å². The normalized spacial score (nSPS) is 29.0. The Morgan fingerprint density at radius 1 is 1.33 bits per heavy atom. The lowest BCUT2D eigenvalue weighted by Gasteiger charge is -2.40. The predicted octanol–water partition coefficient (Wildman–Crippen LogP) is 1.79. The Morgan fingerprint density at radius 3 is 2.61 bits per heavy atom. The minimum atomic E-state index is 0.581. The average molecular weight is 253 g/mol. The highest BCUT2D eigenvalue weighted by atomic mass is 15.2. The first kappa shape index (κ1) is 14.3. The summed E-state index contributed by atoms with van der Waals surface area (Å²) in [5.74, 6) is 0. The van der Waals surface area contributed by atoms with Crippen molar-refractivity contribution in [3.05, 3.63) is 0 Å². The van der Waals surface area contributed by atoms with Crippen LogP contribution in [-0.2, 0) is 0 Å². The summed E-state index contributed by atoms with van der Waals surface area (Å²) in [7, 11) is 4.61. The molecule has 0 aliphatic carbocycles. The fourth-order valence-corrected chi connectivity index (χ4v) is 3.79. The van der Waals surface area contributed by atoms with Crippen LogP contribution in [0.25, 0.3) is 0 Å². The van der Waals surface area contributed by atoms with Crippen LogP contribution in [0.1, 0.15) is 39.0 Å². The molecule has 2 aliphatic rings. The Kier molecular flexibility index (Phi) is 5.05. The molecule has 106 valence electrons. The molecule has 3 heteroatoms. The average Bonchev–Trinajstić information content (AvgIpc) is 2.76. The van der Waals surface area contributed by atoms with E-state index in [9.17, 15) is 0 Å². The maximum absolute atomic E-state index is 3.50. The molecule has 0 bridgehead atoms. The summed E-state index contributed by atoms with van der Waals surface area (Å²) < 4.78 is 0. The summed E-state index contributed by atoms with van der Waals surface area (Å²) >= 11 is 0. The number of nitrogens with one attached hydrogen (secondary N) is 1. The van der Waals surface area contributed by atoms with Gasteiger partial charge in [-0.25, -0.2) is 0 Å². The van der Waals surface area contributed by atoms with Gasteiger partial charge in [0.25, 0.3) is 0 Å². The Bertz CT molecular complexity index is 248. The SMILES string of the molecule is CCC1(CN(C)CC2CCCN2C)CCNCC1. The molecule has 3 nitrogen and oxygen atoms in total. The van der Waals surface area contributed by atoms with Crippen molar-refractivity contribution in [2.24, 2.45) is 5.41 Å². The molecule has 0 saturated carbocycles. The van der Waals surface area contributed by atoms with E-state index in [0.717, 1.165) is 6.04 Å². The van der Waals surface area contributed by atoms with Gasteiger partial charge in [0.15, 0.2) is 0 Å². The zero-order chi connectivity index (χ0) is 13.0. The van der Waals surface area contributed by atoms with E-state index >= 15 is 0 Å². The molecule has 18 heavy (non-hydrogen) atoms. The lowest BCUT2D eigenvalue weighted by Crippen LogP contribution is -2.46. The molecule has 0 amide bonds. The van der Waals surface area contributed by atoms with Crippen molar-refractivity contribution >= 4 is 0 Å². The van der Waals surface area contributed by atoms with Gasteiger partial charge in [0.05, 0.1) is 0 Å². The van der Waals surface area contributed by atoms with Gasteiger partial charge in [0, 0.05) is 19.1 Å². The van der Waals surface area contributed by atoms with E-state index in [2.05, 4.69) is 36.1 Å². The highest BCUT2D eigenvalue weighted by Crippen LogP contribution is 2.33. The number of hydrogen-bond donors (Lipinski definition) is 1. The van der Waals surface area contributed by atoms with Gasteiger partial charge in [-0.3, -0.25) is 0 Å². The first-order valence-corrected chi connectivity index (χ1v) is 7.75. The summed E-state index contributed by atoms with van der Waals surface area (Å²) in [6.45, 7) is 8.64. The van der Waals surface area contributed by atoms with Gasteiger partial charge in [-0.05, 0) is 71.2 Å². The second kappa shape index (κ2) is 6.36. The number of likely N-dealkylation sites (N-methyl/N-ethyl adjacent to an activating group) is 2. The van der Waals surface area contributed by atoms with Crippen LogP contribution in [0.2, 0.25) is 0 Å². The molecule has 2 saturated heterocycles. The number of likely N-dealkylation sites (tertiary alicyclic amines) is 1. The molecule has 1 atom stereocenters. The fraction of sp³-hybridized carbons (Fsp3) is 1.00. The van der Waals surface area contributed by atoms with Crippen LogP contribution in [-0.4, -0.2) is 62.7 Å². The smallest absolute Gasteiger partial charge is 0.0220 e. The lowest BCUT2D eigenvalue weighted by atomic mass is 9.76. The zero-order valence-corrected chi connectivity index (χ0v) is 12.5. The number of rotatable bonds is 5. The topological polar surface area (TPSA) is 18.5 Å². The van der Waals surface area contributed by atoms with Gasteiger partial charge in [0.1, 0.15) is 0 Å². The second-order valence-electron chi connectivity index (χ2n) is 6.58. The van der Waals surface area contributed by atoms with E-state index < -0.39 is 0 Å². The highest BCUT2D eigenvalue weighted by Gasteiger charge is 2.32. The Morgan fingerprint density at radius 2 is 2.06 bits per heavy atom. The van der Waals surface area contributed by atoms with Crippen LogP contribution >= 0.6 is 0 Å². The standard InChI is InChI=1S/C15H31N3/c1-4-15(7-9-16-10-8-15)13-17(2)12-14-6-5-11-18(14)3/h14,16H,4-13H2,1-3H3. The number of nitrogens with zero attached hydrogens (tertiary/aromatic N) is 2. The second-order valence-corrected chi connectivity index (χ2v) is 6.58. The molecule has 1 unspecified atom stereocenters. The Labute approximate surface area is 113 Å². The van der Waals surface area contributed by atoms with Gasteiger partial charge in [-0.15, -0.1) is 0 Å². The molecule has 0 spiro atoms. The van der Waals surface area contributed by atoms with E-state index in [-0.39, 0.29) is 0 Å². The highest BCUT2D eigenvalue weighted by molar-refractivity contribution is 4.87. The molecule has 2 rings (SSSR count). The minimum absolute atomic E-state index is 0.581. The lowest BCUT2D eigenvalue weighted by molar-refractivity contribution is 0.107. The molecule has 1 N–H and O–H groups in total. The van der Waals surface area contributed by atoms with Crippen molar-refractivity contribution in [2.75, 3.05) is 46.8 Å². The molecule has 2 heterocycles. The van der Waals surface area contributed by atoms with Gasteiger partial charge in [-0.2, -0.15) is 0 Å². The van der Waals surface area contributed by atoms with Crippen molar-refractivity contribution in [3.8, 4) is 0 Å².